The summed E-state index contributed by atoms with van der Waals surface area (Å²) >= 11 is 0. The Morgan fingerprint density at radius 1 is 1.36 bits per heavy atom. The van der Waals surface area contributed by atoms with Gasteiger partial charge in [-0.25, -0.2) is 4.79 Å². The Bertz CT molecular complexity index is 93.1. The molecule has 0 aliphatic rings. The second kappa shape index (κ2) is 7.30. The first-order valence-corrected chi connectivity index (χ1v) is 3.04. The third-order valence-electron chi connectivity index (χ3n) is 0.771. The smallest absolute Gasteiger partial charge is 0.450 e. The molecule has 0 spiro atoms. The topological polar surface area (TPSA) is 87.0 Å². The molecule has 0 aromatic heterocycles. The van der Waals surface area contributed by atoms with Gasteiger partial charge in [0.1, 0.15) is 0 Å². The molecule has 0 bridgehead atoms. The first-order chi connectivity index (χ1) is 4.91. The van der Waals surface area contributed by atoms with Gasteiger partial charge in [-0.2, -0.15) is 0 Å². The molecule has 0 saturated carbocycles. The average molecular weight is 166 g/mol. The molecule has 0 heterocycles. The van der Waals surface area contributed by atoms with Crippen molar-refractivity contribution in [1.82, 2.24) is 0 Å². The Hall–Kier alpha value is -0.810. The van der Waals surface area contributed by atoms with Crippen molar-refractivity contribution in [2.45, 2.75) is 20.1 Å². The molecule has 0 saturated heterocycles. The van der Waals surface area contributed by atoms with E-state index < -0.39 is 12.4 Å². The van der Waals surface area contributed by atoms with Gasteiger partial charge < -0.3 is 20.1 Å². The molecular formula is C6H14O5. The fourth-order valence-corrected chi connectivity index (χ4v) is 0. The van der Waals surface area contributed by atoms with Crippen molar-refractivity contribution in [1.29, 1.82) is 0 Å². The number of ether oxygens (including phenoxy) is 1. The van der Waals surface area contributed by atoms with Crippen molar-refractivity contribution in [3.63, 3.8) is 0 Å². The molecule has 0 fully saturated rings. The van der Waals surface area contributed by atoms with Gasteiger partial charge in [0.2, 0.25) is 0 Å². The number of hydrogen-bond acceptors (Lipinski definition) is 4. The first kappa shape index (κ1) is 12.8. The van der Waals surface area contributed by atoms with E-state index in [2.05, 4.69) is 4.74 Å². The van der Waals surface area contributed by atoms with E-state index in [4.69, 9.17) is 20.1 Å². The maximum atomic E-state index is 9.15. The van der Waals surface area contributed by atoms with Gasteiger partial charge in [0, 0.05) is 5.92 Å². The molecule has 0 aliphatic heterocycles. The van der Waals surface area contributed by atoms with Gasteiger partial charge in [-0.3, -0.25) is 0 Å². The summed E-state index contributed by atoms with van der Waals surface area (Å²) < 4.78 is 3.67. The van der Waals surface area contributed by atoms with E-state index in [0.717, 1.165) is 7.11 Å². The lowest BCUT2D eigenvalue weighted by molar-refractivity contribution is -0.0731. The lowest BCUT2D eigenvalue weighted by Gasteiger charge is -2.03. The Morgan fingerprint density at radius 2 is 1.55 bits per heavy atom. The number of carboxylic acid groups (broad SMARTS) is 1. The summed E-state index contributed by atoms with van der Waals surface area (Å²) in [5.41, 5.74) is 0. The van der Waals surface area contributed by atoms with Gasteiger partial charge in [-0.1, -0.05) is 13.8 Å². The highest BCUT2D eigenvalue weighted by atomic mass is 16.6. The molecule has 5 heteroatoms. The maximum absolute atomic E-state index is 9.15. The van der Waals surface area contributed by atoms with Crippen LogP contribution in [0.4, 0.5) is 4.79 Å². The molecule has 0 aromatic carbocycles. The predicted octanol–water partition coefficient (Wildman–Crippen LogP) is 0.264. The molecule has 0 aromatic rings. The van der Waals surface area contributed by atoms with E-state index >= 15 is 0 Å². The van der Waals surface area contributed by atoms with Crippen molar-refractivity contribution in [3.8, 4) is 0 Å². The summed E-state index contributed by atoms with van der Waals surface area (Å²) in [6.07, 6.45) is -2.39. The minimum atomic E-state index is -1.25. The maximum Gasteiger partial charge on any atom is 0.505 e. The van der Waals surface area contributed by atoms with E-state index in [0.29, 0.717) is 0 Å². The molecule has 0 unspecified atom stereocenters. The number of hydrogen-bond donors (Lipinski definition) is 3. The van der Waals surface area contributed by atoms with E-state index in [1.54, 1.807) is 13.8 Å². The fourth-order valence-electron chi connectivity index (χ4n) is 0. The summed E-state index contributed by atoms with van der Waals surface area (Å²) in [5.74, 6) is -0.0370. The summed E-state index contributed by atoms with van der Waals surface area (Å²) in [6, 6.07) is 0. The van der Waals surface area contributed by atoms with Crippen LogP contribution in [0.15, 0.2) is 0 Å². The van der Waals surface area contributed by atoms with Crippen LogP contribution < -0.4 is 0 Å². The minimum absolute atomic E-state index is 0.0370. The zero-order valence-corrected chi connectivity index (χ0v) is 6.81. The highest BCUT2D eigenvalue weighted by Crippen LogP contribution is 1.93. The normalized spacial score (nSPS) is 9.00. The molecular weight excluding hydrogens is 152 g/mol. The third-order valence-corrected chi connectivity index (χ3v) is 0.771. The largest absolute Gasteiger partial charge is 0.505 e. The summed E-state index contributed by atoms with van der Waals surface area (Å²) in [7, 11) is 1.10. The predicted molar refractivity (Wildman–Crippen MR) is 38.1 cm³/mol. The van der Waals surface area contributed by atoms with Crippen LogP contribution in [-0.4, -0.2) is 34.9 Å². The highest BCUT2D eigenvalue weighted by Gasteiger charge is 1.99. The number of aliphatic hydroxyl groups excluding tert-OH is 1. The Morgan fingerprint density at radius 3 is 1.55 bits per heavy atom. The highest BCUT2D eigenvalue weighted by molar-refractivity contribution is 5.56. The number of rotatable bonds is 1. The fraction of sp³-hybridized carbons (Fsp3) is 0.833. The van der Waals surface area contributed by atoms with Crippen LogP contribution in [0.2, 0.25) is 0 Å². The third kappa shape index (κ3) is 17.6. The quantitative estimate of drug-likeness (QED) is 0.384. The second-order valence-electron chi connectivity index (χ2n) is 2.13. The van der Waals surface area contributed by atoms with Crippen molar-refractivity contribution in [2.75, 3.05) is 7.11 Å². The molecule has 0 atom stereocenters. The molecule has 3 N–H and O–H groups in total. The van der Waals surface area contributed by atoms with E-state index in [9.17, 15) is 0 Å². The SMILES string of the molecule is CC(C)C(O)O.COC(=O)O. The van der Waals surface area contributed by atoms with Crippen LogP contribution in [0.1, 0.15) is 13.8 Å². The van der Waals surface area contributed by atoms with E-state index in [1.165, 1.54) is 0 Å². The lowest BCUT2D eigenvalue weighted by atomic mass is 10.2. The van der Waals surface area contributed by atoms with Gasteiger partial charge in [-0.05, 0) is 0 Å². The van der Waals surface area contributed by atoms with Gasteiger partial charge in [0.25, 0.3) is 0 Å². The average Bonchev–Trinajstić information content (AvgIpc) is 1.89. The molecule has 0 rings (SSSR count). The van der Waals surface area contributed by atoms with Gasteiger partial charge in [-0.15, -0.1) is 0 Å². The first-order valence-electron chi connectivity index (χ1n) is 3.04. The van der Waals surface area contributed by atoms with Gasteiger partial charge >= 0.3 is 6.16 Å². The summed E-state index contributed by atoms with van der Waals surface area (Å²) in [6.45, 7) is 3.48. The Balaban J connectivity index is 0. The molecule has 11 heavy (non-hydrogen) atoms. The van der Waals surface area contributed by atoms with Crippen molar-refractivity contribution in [2.24, 2.45) is 5.92 Å². The van der Waals surface area contributed by atoms with Crippen LogP contribution in [-0.2, 0) is 4.74 Å². The lowest BCUT2D eigenvalue weighted by Crippen LogP contribution is -2.11. The van der Waals surface area contributed by atoms with Crippen molar-refractivity contribution >= 4 is 6.16 Å². The minimum Gasteiger partial charge on any atom is -0.450 e. The molecule has 0 amide bonds. The molecule has 0 aliphatic carbocycles. The zero-order chi connectivity index (χ0) is 9.44. The number of aliphatic hydroxyl groups is 2. The summed E-state index contributed by atoms with van der Waals surface area (Å²) in [5, 5.41) is 23.9. The van der Waals surface area contributed by atoms with Crippen LogP contribution in [0, 0.1) is 5.92 Å². The van der Waals surface area contributed by atoms with Crippen LogP contribution >= 0.6 is 0 Å². The Labute approximate surface area is 65.2 Å². The van der Waals surface area contributed by atoms with Gasteiger partial charge in [0.05, 0.1) is 7.11 Å². The zero-order valence-electron chi connectivity index (χ0n) is 6.81. The van der Waals surface area contributed by atoms with Crippen LogP contribution in [0.25, 0.3) is 0 Å². The van der Waals surface area contributed by atoms with Crippen LogP contribution in [0.5, 0.6) is 0 Å². The van der Waals surface area contributed by atoms with Crippen LogP contribution in [0.3, 0.4) is 0 Å². The number of carbonyl (C=O) groups is 1. The summed E-state index contributed by atoms with van der Waals surface area (Å²) in [4.78, 5) is 9.15. The van der Waals surface area contributed by atoms with Crippen molar-refractivity contribution in [3.05, 3.63) is 0 Å². The number of methoxy groups -OCH3 is 1. The Kier molecular flexibility index (Phi) is 8.51. The molecule has 0 radical (unpaired) electrons. The van der Waals surface area contributed by atoms with E-state index in [1.807, 2.05) is 0 Å². The molecule has 68 valence electrons. The van der Waals surface area contributed by atoms with Gasteiger partial charge in [0.15, 0.2) is 6.29 Å². The standard InChI is InChI=1S/C4H10O2.C2H4O3/c1-3(2)4(5)6;1-5-2(3)4/h3-6H,1-2H3;1H3,(H,3,4). The van der Waals surface area contributed by atoms with E-state index in [-0.39, 0.29) is 5.92 Å². The second-order valence-corrected chi connectivity index (χ2v) is 2.13. The monoisotopic (exact) mass is 166 g/mol. The van der Waals surface area contributed by atoms with Crippen molar-refractivity contribution < 1.29 is 24.9 Å². The molecule has 5 nitrogen and oxygen atoms in total.